The molecule has 1 unspecified atom stereocenters. The van der Waals surface area contributed by atoms with E-state index in [0.717, 1.165) is 19.5 Å². The molecule has 3 heteroatoms. The smallest absolute Gasteiger partial charge is 0.0584 e. The Kier molecular flexibility index (Phi) is 8.14. The first-order valence-electron chi connectivity index (χ1n) is 5.31. The van der Waals surface area contributed by atoms with Crippen LogP contribution in [0.15, 0.2) is 0 Å². The summed E-state index contributed by atoms with van der Waals surface area (Å²) in [6, 6.07) is 0.264. The zero-order valence-corrected chi connectivity index (χ0v) is 9.90. The molecule has 0 aliphatic carbocycles. The van der Waals surface area contributed by atoms with Gasteiger partial charge in [-0.15, -0.1) is 0 Å². The van der Waals surface area contributed by atoms with Crippen LogP contribution in [-0.2, 0) is 0 Å². The van der Waals surface area contributed by atoms with Crippen molar-refractivity contribution in [2.24, 2.45) is 0 Å². The van der Waals surface area contributed by atoms with Gasteiger partial charge < -0.3 is 10.0 Å². The number of aliphatic hydroxyl groups excluding tert-OH is 1. The molecule has 1 N–H and O–H groups in total. The summed E-state index contributed by atoms with van der Waals surface area (Å²) in [5.41, 5.74) is 0. The van der Waals surface area contributed by atoms with Gasteiger partial charge in [0.15, 0.2) is 0 Å². The molecule has 0 aromatic heterocycles. The predicted molar refractivity (Wildman–Crippen MR) is 60.4 cm³/mol. The normalized spacial score (nSPS) is 13.9. The van der Waals surface area contributed by atoms with E-state index in [0.29, 0.717) is 0 Å². The monoisotopic (exact) mass is 200 g/mol. The summed E-state index contributed by atoms with van der Waals surface area (Å²) < 4.78 is 0. The molecule has 3 nitrogen and oxygen atoms in total. The van der Waals surface area contributed by atoms with E-state index < -0.39 is 0 Å². The molecule has 0 spiro atoms. The van der Waals surface area contributed by atoms with Gasteiger partial charge in [0.2, 0.25) is 0 Å². The van der Waals surface area contributed by atoms with Gasteiger partial charge in [0.25, 0.3) is 0 Å². The average molecular weight is 200 g/mol. The van der Waals surface area contributed by atoms with Crippen LogP contribution in [0, 0.1) is 13.1 Å². The molecular formula is C11H24N2O. The molecule has 0 bridgehead atoms. The van der Waals surface area contributed by atoms with Crippen LogP contribution in [0.2, 0.25) is 0 Å². The van der Waals surface area contributed by atoms with Crippen molar-refractivity contribution in [3.05, 3.63) is 13.1 Å². The molecule has 14 heavy (non-hydrogen) atoms. The summed E-state index contributed by atoms with van der Waals surface area (Å²) in [7, 11) is 2.05. The minimum Gasteiger partial charge on any atom is -0.395 e. The van der Waals surface area contributed by atoms with Crippen LogP contribution in [-0.4, -0.2) is 47.7 Å². The molecule has 0 aromatic rings. The third kappa shape index (κ3) is 5.58. The van der Waals surface area contributed by atoms with Crippen LogP contribution in [0.5, 0.6) is 0 Å². The van der Waals surface area contributed by atoms with Crippen LogP contribution in [0.25, 0.3) is 0 Å². The third-order valence-electron chi connectivity index (χ3n) is 2.61. The summed E-state index contributed by atoms with van der Waals surface area (Å²) in [4.78, 5) is 4.36. The molecule has 0 saturated heterocycles. The fourth-order valence-corrected chi connectivity index (χ4v) is 1.27. The van der Waals surface area contributed by atoms with Crippen molar-refractivity contribution in [2.75, 3.05) is 26.7 Å². The van der Waals surface area contributed by atoms with Crippen LogP contribution in [0.4, 0.5) is 0 Å². The minimum atomic E-state index is 0.236. The van der Waals surface area contributed by atoms with E-state index in [1.54, 1.807) is 0 Å². The van der Waals surface area contributed by atoms with Crippen molar-refractivity contribution < 1.29 is 5.11 Å². The highest BCUT2D eigenvalue weighted by atomic mass is 16.3. The van der Waals surface area contributed by atoms with Gasteiger partial charge in [-0.2, -0.15) is 0 Å². The molecular weight excluding hydrogens is 176 g/mol. The second kappa shape index (κ2) is 8.21. The molecule has 84 valence electrons. The summed E-state index contributed by atoms with van der Waals surface area (Å²) in [5, 5.41) is 8.94. The third-order valence-corrected chi connectivity index (χ3v) is 2.61. The SMILES string of the molecule is C[CH]N([CH]C)CCCN(C)C(C)CO. The molecule has 0 rings (SSSR count). The lowest BCUT2D eigenvalue weighted by Gasteiger charge is -2.24. The lowest BCUT2D eigenvalue weighted by atomic mass is 10.3. The summed E-state index contributed by atoms with van der Waals surface area (Å²) in [6.45, 7) is 12.6. The molecule has 1 atom stereocenters. The Morgan fingerprint density at radius 3 is 2.21 bits per heavy atom. The van der Waals surface area contributed by atoms with E-state index in [4.69, 9.17) is 5.11 Å². The van der Waals surface area contributed by atoms with E-state index >= 15 is 0 Å². The van der Waals surface area contributed by atoms with Crippen LogP contribution >= 0.6 is 0 Å². The highest BCUT2D eigenvalue weighted by Crippen LogP contribution is 2.00. The molecule has 2 radical (unpaired) electrons. The summed E-state index contributed by atoms with van der Waals surface area (Å²) >= 11 is 0. The number of likely N-dealkylation sites (N-methyl/N-ethyl adjacent to an activating group) is 1. The molecule has 0 heterocycles. The fourth-order valence-electron chi connectivity index (χ4n) is 1.27. The van der Waals surface area contributed by atoms with Crippen molar-refractivity contribution >= 4 is 0 Å². The van der Waals surface area contributed by atoms with Crippen molar-refractivity contribution in [1.29, 1.82) is 0 Å². The average Bonchev–Trinajstić information content (AvgIpc) is 2.22. The molecule has 0 aliphatic rings. The minimum absolute atomic E-state index is 0.236. The summed E-state index contributed by atoms with van der Waals surface area (Å²) in [5.74, 6) is 0. The molecule has 0 amide bonds. The van der Waals surface area contributed by atoms with Crippen LogP contribution < -0.4 is 0 Å². The van der Waals surface area contributed by atoms with Gasteiger partial charge in [0.1, 0.15) is 0 Å². The number of rotatable bonds is 8. The first-order valence-corrected chi connectivity index (χ1v) is 5.31. The van der Waals surface area contributed by atoms with E-state index in [1.165, 1.54) is 0 Å². The summed E-state index contributed by atoms with van der Waals surface area (Å²) in [6.07, 6.45) is 1.12. The maximum absolute atomic E-state index is 8.94. The molecule has 0 aromatic carbocycles. The first kappa shape index (κ1) is 13.9. The maximum Gasteiger partial charge on any atom is 0.0584 e. The molecule has 0 saturated carbocycles. The second-order valence-electron chi connectivity index (χ2n) is 3.62. The van der Waals surface area contributed by atoms with Crippen molar-refractivity contribution in [3.8, 4) is 0 Å². The van der Waals surface area contributed by atoms with E-state index in [1.807, 2.05) is 20.8 Å². The standard InChI is InChI=1S/C11H24N2O/c1-5-13(6-2)9-7-8-12(4)11(3)10-14/h5-6,11,14H,7-10H2,1-4H3. The lowest BCUT2D eigenvalue weighted by Crippen LogP contribution is -2.34. The van der Waals surface area contributed by atoms with E-state index in [-0.39, 0.29) is 12.6 Å². The number of hydrogen-bond acceptors (Lipinski definition) is 3. The van der Waals surface area contributed by atoms with Crippen LogP contribution in [0.1, 0.15) is 27.2 Å². The van der Waals surface area contributed by atoms with Gasteiger partial charge in [-0.25, -0.2) is 0 Å². The second-order valence-corrected chi connectivity index (χ2v) is 3.62. The zero-order chi connectivity index (χ0) is 11.0. The molecule has 0 aliphatic heterocycles. The number of nitrogens with zero attached hydrogens (tertiary/aromatic N) is 2. The first-order chi connectivity index (χ1) is 6.65. The van der Waals surface area contributed by atoms with Gasteiger partial charge in [-0.05, 0) is 40.8 Å². The Bertz CT molecular complexity index is 126. The van der Waals surface area contributed by atoms with E-state index in [9.17, 15) is 0 Å². The number of hydrogen-bond donors (Lipinski definition) is 1. The highest BCUT2D eigenvalue weighted by Gasteiger charge is 2.07. The zero-order valence-electron chi connectivity index (χ0n) is 9.90. The Balaban J connectivity index is 3.52. The fraction of sp³-hybridized carbons (Fsp3) is 0.818. The van der Waals surface area contributed by atoms with Crippen LogP contribution in [0.3, 0.4) is 0 Å². The van der Waals surface area contributed by atoms with Gasteiger partial charge in [-0.3, -0.25) is 4.90 Å². The van der Waals surface area contributed by atoms with Gasteiger partial charge in [-0.1, -0.05) is 0 Å². The molecule has 0 fully saturated rings. The Morgan fingerprint density at radius 1 is 1.21 bits per heavy atom. The quantitative estimate of drug-likeness (QED) is 0.641. The van der Waals surface area contributed by atoms with Gasteiger partial charge in [0, 0.05) is 25.7 Å². The highest BCUT2D eigenvalue weighted by molar-refractivity contribution is 4.70. The largest absolute Gasteiger partial charge is 0.395 e. The van der Waals surface area contributed by atoms with Crippen molar-refractivity contribution in [2.45, 2.75) is 33.2 Å². The van der Waals surface area contributed by atoms with E-state index in [2.05, 4.69) is 29.9 Å². The topological polar surface area (TPSA) is 26.7 Å². The lowest BCUT2D eigenvalue weighted by molar-refractivity contribution is 0.155. The number of aliphatic hydroxyl groups is 1. The maximum atomic E-state index is 8.94. The van der Waals surface area contributed by atoms with Crippen molar-refractivity contribution in [3.63, 3.8) is 0 Å². The van der Waals surface area contributed by atoms with Gasteiger partial charge in [0.05, 0.1) is 6.61 Å². The van der Waals surface area contributed by atoms with Gasteiger partial charge >= 0.3 is 0 Å². The Morgan fingerprint density at radius 2 is 1.79 bits per heavy atom. The predicted octanol–water partition coefficient (Wildman–Crippen LogP) is 1.35. The Hall–Kier alpha value is -0.120. The van der Waals surface area contributed by atoms with Crippen molar-refractivity contribution in [1.82, 2.24) is 9.80 Å². The Labute approximate surface area is 88.7 Å².